The quantitative estimate of drug-likeness (QED) is 0.740. The van der Waals surface area contributed by atoms with Crippen molar-refractivity contribution in [1.29, 1.82) is 0 Å². The van der Waals surface area contributed by atoms with Gasteiger partial charge in [-0.05, 0) is 41.4 Å². The Bertz CT molecular complexity index is 729. The minimum atomic E-state index is -3.71. The number of rotatable bonds is 6. The minimum Gasteiger partial charge on any atom is -0.451 e. The van der Waals surface area contributed by atoms with Crippen LogP contribution in [0, 0.1) is 0 Å². The largest absolute Gasteiger partial charge is 0.451 e. The molecule has 0 amide bonds. The van der Waals surface area contributed by atoms with Gasteiger partial charge < -0.3 is 9.73 Å². The standard InChI is InChI=1S/C13H15BrN2O3S2/c1-15-8-9-7-12(13(14)19-9)21(17,18)16-10-5-3-4-6-11(10)20-2/h3-7,15-16H,8H2,1-2H3. The molecule has 21 heavy (non-hydrogen) atoms. The molecule has 1 heterocycles. The lowest BCUT2D eigenvalue weighted by Gasteiger charge is -2.10. The molecule has 5 nitrogen and oxygen atoms in total. The third-order valence-corrected chi connectivity index (χ3v) is 5.72. The molecule has 1 aromatic carbocycles. The molecule has 0 saturated carbocycles. The maximum Gasteiger partial charge on any atom is 0.266 e. The van der Waals surface area contributed by atoms with E-state index in [1.54, 1.807) is 19.2 Å². The third-order valence-electron chi connectivity index (χ3n) is 2.70. The van der Waals surface area contributed by atoms with E-state index in [9.17, 15) is 8.42 Å². The molecule has 2 rings (SSSR count). The van der Waals surface area contributed by atoms with Gasteiger partial charge in [-0.25, -0.2) is 8.42 Å². The van der Waals surface area contributed by atoms with Gasteiger partial charge in [-0.2, -0.15) is 0 Å². The zero-order valence-corrected chi connectivity index (χ0v) is 14.7. The second-order valence-electron chi connectivity index (χ2n) is 4.19. The fourth-order valence-corrected chi connectivity index (χ4v) is 4.47. The fraction of sp³-hybridized carbons (Fsp3) is 0.231. The molecule has 8 heteroatoms. The minimum absolute atomic E-state index is 0.0867. The molecule has 0 spiro atoms. The highest BCUT2D eigenvalue weighted by Crippen LogP contribution is 2.31. The summed E-state index contributed by atoms with van der Waals surface area (Å²) in [5.74, 6) is 0.544. The van der Waals surface area contributed by atoms with Gasteiger partial charge in [0.05, 0.1) is 12.2 Å². The molecule has 0 aliphatic heterocycles. The van der Waals surface area contributed by atoms with E-state index in [1.807, 2.05) is 18.4 Å². The number of nitrogens with one attached hydrogen (secondary N) is 2. The van der Waals surface area contributed by atoms with Crippen molar-refractivity contribution in [3.63, 3.8) is 0 Å². The summed E-state index contributed by atoms with van der Waals surface area (Å²) in [5, 5.41) is 2.91. The van der Waals surface area contributed by atoms with Gasteiger partial charge in [-0.3, -0.25) is 4.72 Å². The first kappa shape index (κ1) is 16.4. The van der Waals surface area contributed by atoms with Crippen molar-refractivity contribution < 1.29 is 12.8 Å². The molecule has 0 unspecified atom stereocenters. The second-order valence-corrected chi connectivity index (χ2v) is 7.41. The highest BCUT2D eigenvalue weighted by atomic mass is 79.9. The van der Waals surface area contributed by atoms with Crippen molar-refractivity contribution in [3.8, 4) is 0 Å². The van der Waals surface area contributed by atoms with E-state index in [-0.39, 0.29) is 9.56 Å². The van der Waals surface area contributed by atoms with Gasteiger partial charge >= 0.3 is 0 Å². The summed E-state index contributed by atoms with van der Waals surface area (Å²) < 4.78 is 33.1. The van der Waals surface area contributed by atoms with E-state index in [1.165, 1.54) is 17.8 Å². The molecule has 2 aromatic rings. The van der Waals surface area contributed by atoms with Crippen molar-refractivity contribution in [3.05, 3.63) is 40.8 Å². The molecular formula is C13H15BrN2O3S2. The summed E-state index contributed by atoms with van der Waals surface area (Å²) >= 11 is 4.63. The maximum atomic E-state index is 12.5. The smallest absolute Gasteiger partial charge is 0.266 e. The second kappa shape index (κ2) is 6.87. The van der Waals surface area contributed by atoms with E-state index in [0.29, 0.717) is 18.0 Å². The lowest BCUT2D eigenvalue weighted by molar-refractivity contribution is 0.470. The lowest BCUT2D eigenvalue weighted by atomic mass is 10.3. The number of halogens is 1. The summed E-state index contributed by atoms with van der Waals surface area (Å²) in [6.45, 7) is 0.454. The van der Waals surface area contributed by atoms with E-state index in [0.717, 1.165) is 4.90 Å². The van der Waals surface area contributed by atoms with Gasteiger partial charge in [0.25, 0.3) is 10.0 Å². The Morgan fingerprint density at radius 1 is 1.33 bits per heavy atom. The van der Waals surface area contributed by atoms with Crippen molar-refractivity contribution in [2.75, 3.05) is 18.0 Å². The van der Waals surface area contributed by atoms with Crippen LogP contribution in [0.15, 0.2) is 49.2 Å². The van der Waals surface area contributed by atoms with E-state index in [2.05, 4.69) is 26.0 Å². The van der Waals surface area contributed by atoms with Crippen LogP contribution in [0.1, 0.15) is 5.76 Å². The Hall–Kier alpha value is -0.960. The number of sulfonamides is 1. The zero-order valence-electron chi connectivity index (χ0n) is 11.5. The fourth-order valence-electron chi connectivity index (χ4n) is 1.77. The van der Waals surface area contributed by atoms with Crippen LogP contribution in [0.5, 0.6) is 0 Å². The number of para-hydroxylation sites is 1. The lowest BCUT2D eigenvalue weighted by Crippen LogP contribution is -2.13. The molecule has 114 valence electrons. The van der Waals surface area contributed by atoms with Gasteiger partial charge in [0, 0.05) is 11.0 Å². The van der Waals surface area contributed by atoms with Crippen molar-refractivity contribution >= 4 is 43.4 Å². The van der Waals surface area contributed by atoms with E-state index < -0.39 is 10.0 Å². The molecule has 0 atom stereocenters. The molecule has 0 saturated heterocycles. The Balaban J connectivity index is 2.34. The van der Waals surface area contributed by atoms with Crippen molar-refractivity contribution in [1.82, 2.24) is 5.32 Å². The van der Waals surface area contributed by atoms with Gasteiger partial charge in [0.15, 0.2) is 4.67 Å². The monoisotopic (exact) mass is 390 g/mol. The number of thioether (sulfide) groups is 1. The van der Waals surface area contributed by atoms with E-state index in [4.69, 9.17) is 4.42 Å². The highest BCUT2D eigenvalue weighted by Gasteiger charge is 2.23. The van der Waals surface area contributed by atoms with Crippen LogP contribution in [0.25, 0.3) is 0 Å². The van der Waals surface area contributed by atoms with Crippen LogP contribution in [0.2, 0.25) is 0 Å². The van der Waals surface area contributed by atoms with E-state index >= 15 is 0 Å². The number of furan rings is 1. The molecule has 0 fully saturated rings. The molecule has 1 aromatic heterocycles. The topological polar surface area (TPSA) is 71.3 Å². The molecule has 0 radical (unpaired) electrons. The number of anilines is 1. The van der Waals surface area contributed by atoms with Gasteiger partial charge in [-0.15, -0.1) is 11.8 Å². The number of benzene rings is 1. The Morgan fingerprint density at radius 2 is 2.05 bits per heavy atom. The number of hydrogen-bond acceptors (Lipinski definition) is 5. The average Bonchev–Trinajstić information content (AvgIpc) is 2.81. The Kier molecular flexibility index (Phi) is 5.37. The molecular weight excluding hydrogens is 376 g/mol. The Morgan fingerprint density at radius 3 is 2.71 bits per heavy atom. The van der Waals surface area contributed by atoms with Crippen LogP contribution in [-0.4, -0.2) is 21.7 Å². The summed E-state index contributed by atoms with van der Waals surface area (Å²) in [4.78, 5) is 0.944. The predicted molar refractivity (Wildman–Crippen MR) is 88.2 cm³/mol. The summed E-state index contributed by atoms with van der Waals surface area (Å²) in [6, 6.07) is 8.74. The molecule has 2 N–H and O–H groups in total. The van der Waals surface area contributed by atoms with Crippen LogP contribution in [-0.2, 0) is 16.6 Å². The van der Waals surface area contributed by atoms with Crippen LogP contribution < -0.4 is 10.0 Å². The normalized spacial score (nSPS) is 11.6. The first-order valence-corrected chi connectivity index (χ1v) is 9.56. The predicted octanol–water partition coefficient (Wildman–Crippen LogP) is 3.28. The zero-order chi connectivity index (χ0) is 15.5. The maximum absolute atomic E-state index is 12.5. The van der Waals surface area contributed by atoms with Crippen LogP contribution in [0.3, 0.4) is 0 Å². The number of hydrogen-bond donors (Lipinski definition) is 2. The Labute approximate surface area is 136 Å². The summed E-state index contributed by atoms with van der Waals surface area (Å²) in [5.41, 5.74) is 0.549. The SMILES string of the molecule is CNCc1cc(S(=O)(=O)Nc2ccccc2SC)c(Br)o1. The van der Waals surface area contributed by atoms with Crippen LogP contribution in [0.4, 0.5) is 5.69 Å². The first-order chi connectivity index (χ1) is 9.97. The van der Waals surface area contributed by atoms with Crippen molar-refractivity contribution in [2.45, 2.75) is 16.3 Å². The molecule has 0 aliphatic carbocycles. The summed E-state index contributed by atoms with van der Waals surface area (Å²) in [7, 11) is -1.94. The first-order valence-electron chi connectivity index (χ1n) is 6.06. The van der Waals surface area contributed by atoms with Crippen molar-refractivity contribution in [2.24, 2.45) is 0 Å². The average molecular weight is 391 g/mol. The molecule has 0 aliphatic rings. The molecule has 0 bridgehead atoms. The van der Waals surface area contributed by atoms with Gasteiger partial charge in [-0.1, -0.05) is 12.1 Å². The third kappa shape index (κ3) is 3.82. The van der Waals surface area contributed by atoms with Crippen LogP contribution >= 0.6 is 27.7 Å². The highest BCUT2D eigenvalue weighted by molar-refractivity contribution is 9.10. The summed E-state index contributed by atoms with van der Waals surface area (Å²) in [6.07, 6.45) is 1.89. The van der Waals surface area contributed by atoms with Gasteiger partial charge in [0.1, 0.15) is 10.7 Å². The van der Waals surface area contributed by atoms with Gasteiger partial charge in [0.2, 0.25) is 0 Å².